The Balaban J connectivity index is 1.61. The lowest BCUT2D eigenvalue weighted by atomic mass is 10.1. The first-order chi connectivity index (χ1) is 17.7. The molecular weight excluding hydrogens is 502 g/mol. The standard InChI is InChI=1S/C26H24ClN3O7/c1-37-19-7-3-5-16(11-19)23(32)29-14-22(26(35)36)30-25(34)20-9-8-17(12-21(20)27)24(33)28-13-15-4-2-6-18(31)10-15/h2-12,22,31H,13-14H2,1H3,(H,28,33)(H,29,32)(H,30,34)(H,35,36)/t22-/m0/s1. The highest BCUT2D eigenvalue weighted by atomic mass is 35.5. The van der Waals surface area contributed by atoms with Crippen LogP contribution in [-0.2, 0) is 11.3 Å². The van der Waals surface area contributed by atoms with Crippen molar-refractivity contribution in [2.75, 3.05) is 13.7 Å². The Morgan fingerprint density at radius 3 is 2.27 bits per heavy atom. The van der Waals surface area contributed by atoms with Crippen LogP contribution in [0.15, 0.2) is 66.7 Å². The number of phenolic OH excluding ortho intramolecular Hbond substituents is 1. The molecule has 11 heteroatoms. The Morgan fingerprint density at radius 2 is 1.59 bits per heavy atom. The Morgan fingerprint density at radius 1 is 0.892 bits per heavy atom. The van der Waals surface area contributed by atoms with Gasteiger partial charge in [0.05, 0.1) is 17.7 Å². The van der Waals surface area contributed by atoms with Gasteiger partial charge in [0.25, 0.3) is 17.7 Å². The number of carboxylic acid groups (broad SMARTS) is 1. The van der Waals surface area contributed by atoms with E-state index in [1.165, 1.54) is 49.6 Å². The van der Waals surface area contributed by atoms with E-state index < -0.39 is 29.7 Å². The number of methoxy groups -OCH3 is 1. The summed E-state index contributed by atoms with van der Waals surface area (Å²) in [7, 11) is 1.45. The van der Waals surface area contributed by atoms with Gasteiger partial charge in [-0.05, 0) is 54.1 Å². The summed E-state index contributed by atoms with van der Waals surface area (Å²) in [4.78, 5) is 49.2. The van der Waals surface area contributed by atoms with Crippen LogP contribution in [0.2, 0.25) is 5.02 Å². The summed E-state index contributed by atoms with van der Waals surface area (Å²) in [6.07, 6.45) is 0. The van der Waals surface area contributed by atoms with Crippen LogP contribution in [-0.4, -0.2) is 53.6 Å². The maximum Gasteiger partial charge on any atom is 0.328 e. The van der Waals surface area contributed by atoms with Crippen molar-refractivity contribution in [3.05, 3.63) is 94.0 Å². The predicted octanol–water partition coefficient (Wildman–Crippen LogP) is 2.60. The number of aliphatic carboxylic acids is 1. The maximum atomic E-state index is 12.7. The van der Waals surface area contributed by atoms with E-state index in [0.717, 1.165) is 0 Å². The van der Waals surface area contributed by atoms with Crippen LogP contribution in [0.5, 0.6) is 11.5 Å². The van der Waals surface area contributed by atoms with Crippen LogP contribution in [0.1, 0.15) is 36.6 Å². The summed E-state index contributed by atoms with van der Waals surface area (Å²) >= 11 is 6.20. The van der Waals surface area contributed by atoms with Crippen LogP contribution >= 0.6 is 11.6 Å². The van der Waals surface area contributed by atoms with E-state index in [2.05, 4.69) is 16.0 Å². The lowest BCUT2D eigenvalue weighted by molar-refractivity contribution is -0.139. The summed E-state index contributed by atoms with van der Waals surface area (Å²) in [6, 6.07) is 15.2. The number of amides is 3. The van der Waals surface area contributed by atoms with Gasteiger partial charge in [0, 0.05) is 24.2 Å². The third-order valence-electron chi connectivity index (χ3n) is 5.24. The van der Waals surface area contributed by atoms with Gasteiger partial charge in [0.15, 0.2) is 0 Å². The van der Waals surface area contributed by atoms with Gasteiger partial charge in [-0.3, -0.25) is 14.4 Å². The molecule has 0 bridgehead atoms. The molecule has 37 heavy (non-hydrogen) atoms. The van der Waals surface area contributed by atoms with E-state index in [-0.39, 0.29) is 40.6 Å². The topological polar surface area (TPSA) is 154 Å². The molecule has 0 aromatic heterocycles. The minimum Gasteiger partial charge on any atom is -0.508 e. The normalized spacial score (nSPS) is 11.2. The zero-order valence-electron chi connectivity index (χ0n) is 19.7. The molecule has 3 rings (SSSR count). The second-order valence-electron chi connectivity index (χ2n) is 7.85. The van der Waals surface area contributed by atoms with Crippen molar-refractivity contribution in [2.45, 2.75) is 12.6 Å². The lowest BCUT2D eigenvalue weighted by Crippen LogP contribution is -2.48. The van der Waals surface area contributed by atoms with Crippen LogP contribution in [0.3, 0.4) is 0 Å². The number of carbonyl (C=O) groups excluding carboxylic acids is 3. The number of phenols is 1. The predicted molar refractivity (Wildman–Crippen MR) is 135 cm³/mol. The van der Waals surface area contributed by atoms with Gasteiger partial charge in [0.2, 0.25) is 0 Å². The summed E-state index contributed by atoms with van der Waals surface area (Å²) in [6.45, 7) is -0.223. The maximum absolute atomic E-state index is 12.7. The molecule has 0 aliphatic rings. The third kappa shape index (κ3) is 7.45. The smallest absolute Gasteiger partial charge is 0.328 e. The molecule has 0 heterocycles. The summed E-state index contributed by atoms with van der Waals surface area (Å²) in [5.74, 6) is -2.62. The first kappa shape index (κ1) is 27.0. The average molecular weight is 526 g/mol. The number of rotatable bonds is 10. The van der Waals surface area contributed by atoms with E-state index in [4.69, 9.17) is 16.3 Å². The summed E-state index contributed by atoms with van der Waals surface area (Å²) in [5, 5.41) is 26.4. The number of halogens is 1. The monoisotopic (exact) mass is 525 g/mol. The van der Waals surface area contributed by atoms with Gasteiger partial charge in [-0.2, -0.15) is 0 Å². The Labute approximate surface area is 217 Å². The van der Waals surface area contributed by atoms with Crippen molar-refractivity contribution >= 4 is 35.3 Å². The Bertz CT molecular complexity index is 1330. The fourth-order valence-corrected chi connectivity index (χ4v) is 3.55. The summed E-state index contributed by atoms with van der Waals surface area (Å²) < 4.78 is 5.07. The third-order valence-corrected chi connectivity index (χ3v) is 5.55. The molecule has 192 valence electrons. The van der Waals surface area contributed by atoms with Gasteiger partial charge in [-0.25, -0.2) is 4.79 Å². The molecule has 0 radical (unpaired) electrons. The Kier molecular flexibility index (Phi) is 9.06. The average Bonchev–Trinajstić information content (AvgIpc) is 2.89. The minimum atomic E-state index is -1.44. The quantitative estimate of drug-likeness (QED) is 0.272. The van der Waals surface area contributed by atoms with E-state index in [0.29, 0.717) is 11.3 Å². The molecule has 3 aromatic carbocycles. The highest BCUT2D eigenvalue weighted by Crippen LogP contribution is 2.19. The highest BCUT2D eigenvalue weighted by Gasteiger charge is 2.23. The van der Waals surface area contributed by atoms with Crippen molar-refractivity contribution in [1.82, 2.24) is 16.0 Å². The number of nitrogens with one attached hydrogen (secondary N) is 3. The first-order valence-corrected chi connectivity index (χ1v) is 11.4. The van der Waals surface area contributed by atoms with E-state index in [9.17, 15) is 29.4 Å². The van der Waals surface area contributed by atoms with Crippen LogP contribution in [0.4, 0.5) is 0 Å². The van der Waals surface area contributed by atoms with Crippen molar-refractivity contribution in [3.63, 3.8) is 0 Å². The van der Waals surface area contributed by atoms with E-state index in [1.807, 2.05) is 0 Å². The first-order valence-electron chi connectivity index (χ1n) is 11.0. The van der Waals surface area contributed by atoms with E-state index >= 15 is 0 Å². The number of hydrogen-bond donors (Lipinski definition) is 5. The highest BCUT2D eigenvalue weighted by molar-refractivity contribution is 6.34. The molecule has 3 aromatic rings. The van der Waals surface area contributed by atoms with E-state index in [1.54, 1.807) is 24.3 Å². The van der Waals surface area contributed by atoms with Gasteiger partial charge < -0.3 is 30.9 Å². The molecule has 3 amide bonds. The molecule has 5 N–H and O–H groups in total. The van der Waals surface area contributed by atoms with Crippen molar-refractivity contribution in [1.29, 1.82) is 0 Å². The molecule has 0 spiro atoms. The molecule has 0 saturated heterocycles. The van der Waals surface area contributed by atoms with Crippen molar-refractivity contribution in [2.24, 2.45) is 0 Å². The van der Waals surface area contributed by atoms with Gasteiger partial charge in [-0.1, -0.05) is 29.8 Å². The van der Waals surface area contributed by atoms with Crippen molar-refractivity contribution < 1.29 is 34.1 Å². The number of carbonyl (C=O) groups is 4. The second-order valence-corrected chi connectivity index (χ2v) is 8.26. The summed E-state index contributed by atoms with van der Waals surface area (Å²) in [5.41, 5.74) is 1.09. The fraction of sp³-hybridized carbons (Fsp3) is 0.154. The largest absolute Gasteiger partial charge is 0.508 e. The van der Waals surface area contributed by atoms with Crippen LogP contribution in [0.25, 0.3) is 0 Å². The fourth-order valence-electron chi connectivity index (χ4n) is 3.29. The van der Waals surface area contributed by atoms with Gasteiger partial charge >= 0.3 is 5.97 Å². The van der Waals surface area contributed by atoms with Crippen LogP contribution in [0, 0.1) is 0 Å². The molecule has 1 atom stereocenters. The number of carboxylic acids is 1. The zero-order chi connectivity index (χ0) is 26.9. The SMILES string of the molecule is COc1cccc(C(=O)NC[C@H](NC(=O)c2ccc(C(=O)NCc3cccc(O)c3)cc2Cl)C(=O)O)c1. The molecule has 0 aliphatic heterocycles. The Hall–Kier alpha value is -4.57. The molecule has 10 nitrogen and oxygen atoms in total. The molecule has 0 fully saturated rings. The molecule has 0 aliphatic carbocycles. The number of hydrogen-bond acceptors (Lipinski definition) is 6. The zero-order valence-corrected chi connectivity index (χ0v) is 20.4. The lowest BCUT2D eigenvalue weighted by Gasteiger charge is -2.16. The second kappa shape index (κ2) is 12.4. The van der Waals surface area contributed by atoms with Crippen LogP contribution < -0.4 is 20.7 Å². The number of benzene rings is 3. The molecule has 0 saturated carbocycles. The van der Waals surface area contributed by atoms with Gasteiger partial charge in [-0.15, -0.1) is 0 Å². The van der Waals surface area contributed by atoms with Gasteiger partial charge in [0.1, 0.15) is 17.5 Å². The van der Waals surface area contributed by atoms with Crippen molar-refractivity contribution in [3.8, 4) is 11.5 Å². The number of ether oxygens (including phenoxy) is 1. The molecule has 0 unspecified atom stereocenters. The molecular formula is C26H24ClN3O7. The minimum absolute atomic E-state index is 0.0448. The number of aromatic hydroxyl groups is 1.